The number of thiocarbonyl (C=S) groups is 1. The highest BCUT2D eigenvalue weighted by molar-refractivity contribution is 7.80. The van der Waals surface area contributed by atoms with E-state index in [9.17, 15) is 23.2 Å². The zero-order chi connectivity index (χ0) is 17.0. The Morgan fingerprint density at radius 3 is 2.57 bits per heavy atom. The van der Waals surface area contributed by atoms with Gasteiger partial charge in [0, 0.05) is 18.8 Å². The molecular formula is C15H14F3N3OS. The van der Waals surface area contributed by atoms with Gasteiger partial charge in [0.15, 0.2) is 5.92 Å². The predicted octanol–water partition coefficient (Wildman–Crippen LogP) is 3.21. The van der Waals surface area contributed by atoms with Crippen molar-refractivity contribution >= 4 is 28.8 Å². The molecule has 1 fully saturated rings. The van der Waals surface area contributed by atoms with E-state index >= 15 is 0 Å². The molecule has 0 aliphatic carbocycles. The maximum Gasteiger partial charge on any atom is 0.416 e. The number of benzene rings is 1. The van der Waals surface area contributed by atoms with Crippen LogP contribution in [0.2, 0.25) is 0 Å². The Labute approximate surface area is 136 Å². The topological polar surface area (TPSA) is 56.1 Å². The first kappa shape index (κ1) is 17.2. The lowest BCUT2D eigenvalue weighted by molar-refractivity contribution is -0.137. The summed E-state index contributed by atoms with van der Waals surface area (Å²) in [5.74, 6) is -1.60. The monoisotopic (exact) mass is 341 g/mol. The molecular weight excluding hydrogens is 327 g/mol. The third-order valence-corrected chi connectivity index (χ3v) is 3.85. The van der Waals surface area contributed by atoms with Crippen LogP contribution in [0, 0.1) is 17.2 Å². The number of likely N-dealkylation sites (tertiary alicyclic amines) is 1. The molecule has 1 aromatic carbocycles. The molecule has 0 radical (unpaired) electrons. The van der Waals surface area contributed by atoms with Crippen LogP contribution in [0.25, 0.3) is 0 Å². The van der Waals surface area contributed by atoms with E-state index in [1.165, 1.54) is 12.1 Å². The lowest BCUT2D eigenvalue weighted by Gasteiger charge is -2.20. The van der Waals surface area contributed by atoms with Crippen molar-refractivity contribution in [2.75, 3.05) is 18.4 Å². The van der Waals surface area contributed by atoms with Gasteiger partial charge in [-0.3, -0.25) is 4.79 Å². The molecule has 1 aromatic rings. The number of rotatable bonds is 3. The van der Waals surface area contributed by atoms with E-state index < -0.39 is 23.6 Å². The standard InChI is InChI=1S/C15H14F3N3OS/c16-15(17,18)10-4-3-5-11(8-10)20-13(23)12(9-19)14(22)21-6-1-2-7-21/h3-5,8,12H,1-2,6-7H2,(H,20,23)/t12-/m0/s1. The summed E-state index contributed by atoms with van der Waals surface area (Å²) >= 11 is 5.04. The third-order valence-electron chi connectivity index (χ3n) is 3.51. The van der Waals surface area contributed by atoms with Crippen molar-refractivity contribution in [3.63, 3.8) is 0 Å². The number of hydrogen-bond donors (Lipinski definition) is 1. The minimum absolute atomic E-state index is 0.0938. The van der Waals surface area contributed by atoms with E-state index in [0.29, 0.717) is 13.1 Å². The molecule has 0 saturated carbocycles. The number of nitrogens with one attached hydrogen (secondary N) is 1. The second-order valence-electron chi connectivity index (χ2n) is 5.16. The second-order valence-corrected chi connectivity index (χ2v) is 5.60. The summed E-state index contributed by atoms with van der Waals surface area (Å²) in [6, 6.07) is 6.28. The number of anilines is 1. The van der Waals surface area contributed by atoms with Gasteiger partial charge < -0.3 is 10.2 Å². The number of carbonyl (C=O) groups is 1. The summed E-state index contributed by atoms with van der Waals surface area (Å²) in [4.78, 5) is 13.7. The van der Waals surface area contributed by atoms with Gasteiger partial charge in [-0.05, 0) is 31.0 Å². The highest BCUT2D eigenvalue weighted by atomic mass is 32.1. The van der Waals surface area contributed by atoms with Crippen molar-refractivity contribution in [1.82, 2.24) is 4.90 Å². The van der Waals surface area contributed by atoms with E-state index in [1.54, 1.807) is 4.90 Å². The van der Waals surface area contributed by atoms with Crippen LogP contribution in [-0.2, 0) is 11.0 Å². The zero-order valence-electron chi connectivity index (χ0n) is 12.1. The number of nitriles is 1. The maximum absolute atomic E-state index is 12.7. The van der Waals surface area contributed by atoms with Crippen molar-refractivity contribution in [2.45, 2.75) is 19.0 Å². The number of carbonyl (C=O) groups excluding carboxylic acids is 1. The molecule has 0 spiro atoms. The maximum atomic E-state index is 12.7. The van der Waals surface area contributed by atoms with Gasteiger partial charge in [0.05, 0.1) is 11.6 Å². The first-order valence-electron chi connectivity index (χ1n) is 6.99. The van der Waals surface area contributed by atoms with Crippen LogP contribution in [0.15, 0.2) is 24.3 Å². The van der Waals surface area contributed by atoms with E-state index in [4.69, 9.17) is 12.2 Å². The SMILES string of the molecule is N#C[C@H](C(=O)N1CCCC1)C(=S)Nc1cccc(C(F)(F)F)c1. The van der Waals surface area contributed by atoms with Crippen LogP contribution in [0.5, 0.6) is 0 Å². The summed E-state index contributed by atoms with van der Waals surface area (Å²) in [7, 11) is 0. The molecule has 1 saturated heterocycles. The van der Waals surface area contributed by atoms with Gasteiger partial charge in [-0.15, -0.1) is 0 Å². The molecule has 0 unspecified atom stereocenters. The predicted molar refractivity (Wildman–Crippen MR) is 82.6 cm³/mol. The minimum Gasteiger partial charge on any atom is -0.348 e. The first-order valence-corrected chi connectivity index (χ1v) is 7.40. The van der Waals surface area contributed by atoms with E-state index in [1.807, 2.05) is 6.07 Å². The second kappa shape index (κ2) is 6.96. The van der Waals surface area contributed by atoms with Crippen LogP contribution in [0.4, 0.5) is 18.9 Å². The van der Waals surface area contributed by atoms with Crippen molar-refractivity contribution in [3.8, 4) is 6.07 Å². The molecule has 0 bridgehead atoms. The summed E-state index contributed by atoms with van der Waals surface area (Å²) in [5, 5.41) is 11.8. The summed E-state index contributed by atoms with van der Waals surface area (Å²) in [6.45, 7) is 1.15. The first-order chi connectivity index (χ1) is 10.8. The lowest BCUT2D eigenvalue weighted by Crippen LogP contribution is -2.38. The van der Waals surface area contributed by atoms with Crippen molar-refractivity contribution in [1.29, 1.82) is 5.26 Å². The van der Waals surface area contributed by atoms with Crippen LogP contribution in [0.1, 0.15) is 18.4 Å². The number of alkyl halides is 3. The fourth-order valence-electron chi connectivity index (χ4n) is 2.33. The molecule has 1 aliphatic heterocycles. The number of amides is 1. The van der Waals surface area contributed by atoms with Gasteiger partial charge in [0.25, 0.3) is 0 Å². The van der Waals surface area contributed by atoms with Gasteiger partial charge in [-0.2, -0.15) is 18.4 Å². The Kier molecular flexibility index (Phi) is 5.21. The molecule has 1 amide bonds. The number of halogens is 3. The normalized spacial score (nSPS) is 15.8. The van der Waals surface area contributed by atoms with Crippen LogP contribution < -0.4 is 5.32 Å². The third kappa shape index (κ3) is 4.20. The molecule has 1 N–H and O–H groups in total. The summed E-state index contributed by atoms with van der Waals surface area (Å²) in [5.41, 5.74) is -0.732. The molecule has 1 aliphatic rings. The zero-order valence-corrected chi connectivity index (χ0v) is 12.9. The average Bonchev–Trinajstić information content (AvgIpc) is 3.01. The Morgan fingerprint density at radius 2 is 2.00 bits per heavy atom. The molecule has 4 nitrogen and oxygen atoms in total. The highest BCUT2D eigenvalue weighted by Gasteiger charge is 2.32. The Morgan fingerprint density at radius 1 is 1.35 bits per heavy atom. The fraction of sp³-hybridized carbons (Fsp3) is 0.400. The van der Waals surface area contributed by atoms with E-state index in [-0.39, 0.29) is 10.7 Å². The van der Waals surface area contributed by atoms with Crippen LogP contribution in [-0.4, -0.2) is 28.9 Å². The van der Waals surface area contributed by atoms with Gasteiger partial charge in [0.1, 0.15) is 4.99 Å². The Balaban J connectivity index is 2.11. The molecule has 23 heavy (non-hydrogen) atoms. The average molecular weight is 341 g/mol. The summed E-state index contributed by atoms with van der Waals surface area (Å²) < 4.78 is 38.1. The molecule has 8 heteroatoms. The van der Waals surface area contributed by atoms with Gasteiger partial charge in [-0.25, -0.2) is 0 Å². The van der Waals surface area contributed by atoms with Crippen molar-refractivity contribution in [3.05, 3.63) is 29.8 Å². The molecule has 122 valence electrons. The molecule has 0 aromatic heterocycles. The van der Waals surface area contributed by atoms with E-state index in [0.717, 1.165) is 25.0 Å². The van der Waals surface area contributed by atoms with Crippen LogP contribution >= 0.6 is 12.2 Å². The summed E-state index contributed by atoms with van der Waals surface area (Å²) in [6.07, 6.45) is -2.73. The molecule has 2 rings (SSSR count). The quantitative estimate of drug-likeness (QED) is 0.858. The number of nitrogens with zero attached hydrogens (tertiary/aromatic N) is 2. The molecule has 1 atom stereocenters. The van der Waals surface area contributed by atoms with Gasteiger partial charge in [0.2, 0.25) is 5.91 Å². The molecule has 1 heterocycles. The van der Waals surface area contributed by atoms with Crippen LogP contribution in [0.3, 0.4) is 0 Å². The van der Waals surface area contributed by atoms with E-state index in [2.05, 4.69) is 5.32 Å². The minimum atomic E-state index is -4.47. The highest BCUT2D eigenvalue weighted by Crippen LogP contribution is 2.30. The fourth-order valence-corrected chi connectivity index (χ4v) is 2.61. The Bertz CT molecular complexity index is 648. The Hall–Kier alpha value is -2.14. The lowest BCUT2D eigenvalue weighted by atomic mass is 10.1. The number of hydrogen-bond acceptors (Lipinski definition) is 3. The largest absolute Gasteiger partial charge is 0.416 e. The van der Waals surface area contributed by atoms with Crippen molar-refractivity contribution < 1.29 is 18.0 Å². The smallest absolute Gasteiger partial charge is 0.348 e. The van der Waals surface area contributed by atoms with Crippen molar-refractivity contribution in [2.24, 2.45) is 5.92 Å². The van der Waals surface area contributed by atoms with Gasteiger partial charge >= 0.3 is 6.18 Å². The van der Waals surface area contributed by atoms with Gasteiger partial charge in [-0.1, -0.05) is 18.3 Å².